The molecular formula is C14H23N5. The van der Waals surface area contributed by atoms with Crippen LogP contribution in [0.25, 0.3) is 0 Å². The lowest BCUT2D eigenvalue weighted by molar-refractivity contribution is 0.295. The SMILES string of the molecule is CCN(CC)CCCC(C)Nc1nccc(C#N)n1. The summed E-state index contributed by atoms with van der Waals surface area (Å²) in [6.07, 6.45) is 3.82. The van der Waals surface area contributed by atoms with Crippen molar-refractivity contribution in [2.75, 3.05) is 25.0 Å². The summed E-state index contributed by atoms with van der Waals surface area (Å²) in [4.78, 5) is 10.6. The van der Waals surface area contributed by atoms with Crippen molar-refractivity contribution >= 4 is 5.95 Å². The Bertz CT molecular complexity index is 409. The molecule has 1 unspecified atom stereocenters. The molecule has 1 aromatic rings. The van der Waals surface area contributed by atoms with Crippen LogP contribution < -0.4 is 5.32 Å². The highest BCUT2D eigenvalue weighted by Crippen LogP contribution is 2.06. The summed E-state index contributed by atoms with van der Waals surface area (Å²) in [5.41, 5.74) is 0.396. The first kappa shape index (κ1) is 15.4. The average molecular weight is 261 g/mol. The molecule has 1 N–H and O–H groups in total. The van der Waals surface area contributed by atoms with Crippen LogP contribution in [0.2, 0.25) is 0 Å². The molecule has 1 aromatic heterocycles. The molecule has 0 radical (unpaired) electrons. The maximum atomic E-state index is 8.78. The second-order valence-electron chi connectivity index (χ2n) is 4.59. The number of aromatic nitrogens is 2. The first-order valence-electron chi connectivity index (χ1n) is 6.91. The van der Waals surface area contributed by atoms with E-state index >= 15 is 0 Å². The molecule has 1 heterocycles. The molecule has 1 atom stereocenters. The van der Waals surface area contributed by atoms with Gasteiger partial charge in [-0.1, -0.05) is 13.8 Å². The standard InChI is InChI=1S/C14H23N5/c1-4-19(5-2)10-6-7-12(3)17-14-16-9-8-13(11-15)18-14/h8-9,12H,4-7,10H2,1-3H3,(H,16,17,18). The molecule has 0 aliphatic carbocycles. The minimum absolute atomic E-state index is 0.310. The first-order chi connectivity index (χ1) is 9.19. The third-order valence-corrected chi connectivity index (χ3v) is 3.15. The molecule has 0 aliphatic rings. The van der Waals surface area contributed by atoms with Crippen LogP contribution in [0.15, 0.2) is 12.3 Å². The minimum Gasteiger partial charge on any atom is -0.352 e. The van der Waals surface area contributed by atoms with Crippen molar-refractivity contribution in [3.05, 3.63) is 18.0 Å². The molecule has 0 amide bonds. The Balaban J connectivity index is 2.34. The van der Waals surface area contributed by atoms with E-state index in [4.69, 9.17) is 5.26 Å². The molecule has 0 aliphatic heterocycles. The van der Waals surface area contributed by atoms with Gasteiger partial charge in [0.05, 0.1) is 0 Å². The highest BCUT2D eigenvalue weighted by atomic mass is 15.1. The predicted octanol–water partition coefficient (Wildman–Crippen LogP) is 2.27. The zero-order valence-corrected chi connectivity index (χ0v) is 12.1. The van der Waals surface area contributed by atoms with E-state index in [0.29, 0.717) is 17.7 Å². The zero-order valence-electron chi connectivity index (χ0n) is 12.1. The molecule has 1 rings (SSSR count). The van der Waals surface area contributed by atoms with Gasteiger partial charge >= 0.3 is 0 Å². The smallest absolute Gasteiger partial charge is 0.224 e. The fraction of sp³-hybridized carbons (Fsp3) is 0.643. The van der Waals surface area contributed by atoms with E-state index in [1.54, 1.807) is 12.3 Å². The lowest BCUT2D eigenvalue weighted by atomic mass is 10.2. The number of nitrogens with one attached hydrogen (secondary N) is 1. The van der Waals surface area contributed by atoms with Gasteiger partial charge in [-0.2, -0.15) is 5.26 Å². The van der Waals surface area contributed by atoms with Crippen molar-refractivity contribution in [3.8, 4) is 6.07 Å². The fourth-order valence-corrected chi connectivity index (χ4v) is 1.94. The predicted molar refractivity (Wildman–Crippen MR) is 76.9 cm³/mol. The van der Waals surface area contributed by atoms with Gasteiger partial charge in [-0.15, -0.1) is 0 Å². The lowest BCUT2D eigenvalue weighted by Crippen LogP contribution is -2.26. The van der Waals surface area contributed by atoms with E-state index in [9.17, 15) is 0 Å². The van der Waals surface area contributed by atoms with Gasteiger partial charge in [-0.3, -0.25) is 0 Å². The molecule has 0 saturated carbocycles. The highest BCUT2D eigenvalue weighted by Gasteiger charge is 2.06. The van der Waals surface area contributed by atoms with Crippen LogP contribution in [0.3, 0.4) is 0 Å². The zero-order chi connectivity index (χ0) is 14.1. The van der Waals surface area contributed by atoms with Gasteiger partial charge < -0.3 is 10.2 Å². The van der Waals surface area contributed by atoms with Crippen molar-refractivity contribution in [3.63, 3.8) is 0 Å². The lowest BCUT2D eigenvalue weighted by Gasteiger charge is -2.19. The Labute approximate surface area is 115 Å². The molecule has 104 valence electrons. The molecule has 0 bridgehead atoms. The summed E-state index contributed by atoms with van der Waals surface area (Å²) in [6, 6.07) is 3.93. The van der Waals surface area contributed by atoms with Crippen LogP contribution in [0.1, 0.15) is 39.3 Å². The van der Waals surface area contributed by atoms with E-state index in [0.717, 1.165) is 32.5 Å². The Hall–Kier alpha value is -1.67. The van der Waals surface area contributed by atoms with Crippen molar-refractivity contribution in [2.24, 2.45) is 0 Å². The quantitative estimate of drug-likeness (QED) is 0.777. The molecule has 5 nitrogen and oxygen atoms in total. The van der Waals surface area contributed by atoms with Crippen LogP contribution in [0.5, 0.6) is 0 Å². The molecule has 0 spiro atoms. The van der Waals surface area contributed by atoms with Crippen LogP contribution in [0, 0.1) is 11.3 Å². The van der Waals surface area contributed by atoms with Crippen molar-refractivity contribution < 1.29 is 0 Å². The molecule has 5 heteroatoms. The Morgan fingerprint density at radius 3 is 2.79 bits per heavy atom. The first-order valence-corrected chi connectivity index (χ1v) is 6.91. The average Bonchev–Trinajstić information content (AvgIpc) is 2.44. The van der Waals surface area contributed by atoms with Crippen LogP contribution in [-0.2, 0) is 0 Å². The largest absolute Gasteiger partial charge is 0.352 e. The van der Waals surface area contributed by atoms with Crippen LogP contribution >= 0.6 is 0 Å². The van der Waals surface area contributed by atoms with Gasteiger partial charge in [0.25, 0.3) is 0 Å². The third-order valence-electron chi connectivity index (χ3n) is 3.15. The van der Waals surface area contributed by atoms with Gasteiger partial charge in [0, 0.05) is 12.2 Å². The van der Waals surface area contributed by atoms with Crippen LogP contribution in [0.4, 0.5) is 5.95 Å². The van der Waals surface area contributed by atoms with Gasteiger partial charge in [0.2, 0.25) is 5.95 Å². The molecule has 0 aromatic carbocycles. The second kappa shape index (κ2) is 8.44. The van der Waals surface area contributed by atoms with E-state index in [2.05, 4.69) is 41.0 Å². The number of hydrogen-bond donors (Lipinski definition) is 1. The summed E-state index contributed by atoms with van der Waals surface area (Å²) in [7, 11) is 0. The molecule has 19 heavy (non-hydrogen) atoms. The van der Waals surface area contributed by atoms with E-state index in [-0.39, 0.29) is 0 Å². The Morgan fingerprint density at radius 1 is 1.42 bits per heavy atom. The van der Waals surface area contributed by atoms with E-state index in [1.807, 2.05) is 6.07 Å². The summed E-state index contributed by atoms with van der Waals surface area (Å²) >= 11 is 0. The van der Waals surface area contributed by atoms with Crippen molar-refractivity contribution in [1.82, 2.24) is 14.9 Å². The molecular weight excluding hydrogens is 238 g/mol. The molecule has 0 fully saturated rings. The normalized spacial score (nSPS) is 12.2. The molecule has 0 saturated heterocycles. The summed E-state index contributed by atoms with van der Waals surface area (Å²) in [5.74, 6) is 0.536. The van der Waals surface area contributed by atoms with Gasteiger partial charge in [-0.05, 0) is 45.5 Å². The number of rotatable bonds is 8. The van der Waals surface area contributed by atoms with Crippen LogP contribution in [-0.4, -0.2) is 40.5 Å². The number of anilines is 1. The Kier molecular flexibility index (Phi) is 6.83. The maximum absolute atomic E-state index is 8.78. The minimum atomic E-state index is 0.310. The summed E-state index contributed by atoms with van der Waals surface area (Å²) < 4.78 is 0. The summed E-state index contributed by atoms with van der Waals surface area (Å²) in [6.45, 7) is 9.82. The summed E-state index contributed by atoms with van der Waals surface area (Å²) in [5, 5.41) is 12.0. The van der Waals surface area contributed by atoms with E-state index < -0.39 is 0 Å². The number of nitriles is 1. The van der Waals surface area contributed by atoms with Gasteiger partial charge in [-0.25, -0.2) is 9.97 Å². The fourth-order valence-electron chi connectivity index (χ4n) is 1.94. The third kappa shape index (κ3) is 5.66. The monoisotopic (exact) mass is 261 g/mol. The topological polar surface area (TPSA) is 64.8 Å². The number of nitrogens with zero attached hydrogens (tertiary/aromatic N) is 4. The number of hydrogen-bond acceptors (Lipinski definition) is 5. The Morgan fingerprint density at radius 2 is 2.16 bits per heavy atom. The van der Waals surface area contributed by atoms with Crippen molar-refractivity contribution in [2.45, 2.75) is 39.7 Å². The maximum Gasteiger partial charge on any atom is 0.224 e. The van der Waals surface area contributed by atoms with Crippen molar-refractivity contribution in [1.29, 1.82) is 5.26 Å². The second-order valence-corrected chi connectivity index (χ2v) is 4.59. The van der Waals surface area contributed by atoms with Gasteiger partial charge in [0.15, 0.2) is 0 Å². The van der Waals surface area contributed by atoms with E-state index in [1.165, 1.54) is 0 Å². The van der Waals surface area contributed by atoms with Gasteiger partial charge in [0.1, 0.15) is 11.8 Å². The highest BCUT2D eigenvalue weighted by molar-refractivity contribution is 5.30.